The van der Waals surface area contributed by atoms with Gasteiger partial charge in [-0.3, -0.25) is 9.59 Å². The van der Waals surface area contributed by atoms with Gasteiger partial charge in [-0.15, -0.1) is 0 Å². The summed E-state index contributed by atoms with van der Waals surface area (Å²) in [7, 11) is 0. The Bertz CT molecular complexity index is 695. The number of hydrogen-bond acceptors (Lipinski definition) is 3. The maximum absolute atomic E-state index is 12.1. The molecule has 0 saturated heterocycles. The Morgan fingerprint density at radius 3 is 2.62 bits per heavy atom. The highest BCUT2D eigenvalue weighted by Crippen LogP contribution is 2.28. The van der Waals surface area contributed by atoms with Crippen LogP contribution < -0.4 is 16.0 Å². The molecule has 21 heavy (non-hydrogen) atoms. The Kier molecular flexibility index (Phi) is 3.31. The number of nitrogen functional groups attached to an aromatic ring is 1. The molecule has 3 N–H and O–H groups in total. The van der Waals surface area contributed by atoms with Crippen molar-refractivity contribution in [2.45, 2.75) is 6.42 Å². The zero-order valence-electron chi connectivity index (χ0n) is 11.4. The first-order valence-corrected chi connectivity index (χ1v) is 6.67. The lowest BCUT2D eigenvalue weighted by Gasteiger charge is -2.17. The van der Waals surface area contributed by atoms with Gasteiger partial charge in [-0.1, -0.05) is 18.2 Å². The number of rotatable bonds is 3. The molecule has 3 rings (SSSR count). The van der Waals surface area contributed by atoms with Crippen LogP contribution in [0.1, 0.15) is 5.56 Å². The fraction of sp³-hybridized carbons (Fsp3) is 0.125. The Balaban J connectivity index is 1.70. The molecule has 0 aromatic heterocycles. The number of carbonyl (C=O) groups is 2. The van der Waals surface area contributed by atoms with Crippen molar-refractivity contribution in [3.8, 4) is 0 Å². The molecule has 2 aromatic carbocycles. The van der Waals surface area contributed by atoms with E-state index in [1.165, 1.54) is 4.90 Å². The summed E-state index contributed by atoms with van der Waals surface area (Å²) < 4.78 is 0. The molecule has 1 aliphatic heterocycles. The second-order valence-corrected chi connectivity index (χ2v) is 4.96. The summed E-state index contributed by atoms with van der Waals surface area (Å²) in [5.41, 5.74) is 8.67. The minimum Gasteiger partial charge on any atom is -0.399 e. The van der Waals surface area contributed by atoms with E-state index in [4.69, 9.17) is 5.73 Å². The van der Waals surface area contributed by atoms with E-state index in [0.29, 0.717) is 17.8 Å². The third-order valence-corrected chi connectivity index (χ3v) is 3.42. The summed E-state index contributed by atoms with van der Waals surface area (Å²) in [6.07, 6.45) is 0.353. The lowest BCUT2D eigenvalue weighted by atomic mass is 10.2. The van der Waals surface area contributed by atoms with E-state index in [-0.39, 0.29) is 18.4 Å². The van der Waals surface area contributed by atoms with Crippen LogP contribution in [-0.2, 0) is 16.0 Å². The number of nitrogens with zero attached hydrogens (tertiary/aromatic N) is 1. The third kappa shape index (κ3) is 2.72. The minimum atomic E-state index is -0.232. The molecule has 0 unspecified atom stereocenters. The first-order chi connectivity index (χ1) is 10.1. The van der Waals surface area contributed by atoms with Gasteiger partial charge >= 0.3 is 0 Å². The maximum Gasteiger partial charge on any atom is 0.244 e. The first-order valence-electron chi connectivity index (χ1n) is 6.67. The third-order valence-electron chi connectivity index (χ3n) is 3.42. The summed E-state index contributed by atoms with van der Waals surface area (Å²) in [4.78, 5) is 25.6. The molecule has 2 amide bonds. The molecular formula is C16H15N3O2. The number of nitrogens with one attached hydrogen (secondary N) is 1. The molecule has 0 aliphatic carbocycles. The highest BCUT2D eigenvalue weighted by atomic mass is 16.2. The standard InChI is InChI=1S/C16H15N3O2/c17-12-5-7-13(8-6-12)18-15(20)10-19-14-4-2-1-3-11(14)9-16(19)21/h1-8H,9-10,17H2,(H,18,20). The molecule has 106 valence electrons. The molecular weight excluding hydrogens is 266 g/mol. The molecule has 0 saturated carbocycles. The van der Waals surface area contributed by atoms with Gasteiger partial charge in [0.15, 0.2) is 0 Å². The van der Waals surface area contributed by atoms with Crippen LogP contribution in [0.5, 0.6) is 0 Å². The molecule has 0 spiro atoms. The molecule has 5 nitrogen and oxygen atoms in total. The summed E-state index contributed by atoms with van der Waals surface area (Å²) in [5, 5.41) is 2.76. The van der Waals surface area contributed by atoms with Crippen LogP contribution in [0.15, 0.2) is 48.5 Å². The zero-order valence-corrected chi connectivity index (χ0v) is 11.4. The average molecular weight is 281 g/mol. The summed E-state index contributed by atoms with van der Waals surface area (Å²) in [6.45, 7) is 0.0141. The summed E-state index contributed by atoms with van der Waals surface area (Å²) in [6, 6.07) is 14.4. The Morgan fingerprint density at radius 1 is 1.14 bits per heavy atom. The van der Waals surface area contributed by atoms with E-state index in [9.17, 15) is 9.59 Å². The number of anilines is 3. The number of fused-ring (bicyclic) bond motifs is 1. The van der Waals surface area contributed by atoms with Gasteiger partial charge in [0.25, 0.3) is 0 Å². The van der Waals surface area contributed by atoms with Crippen molar-refractivity contribution in [1.82, 2.24) is 0 Å². The van der Waals surface area contributed by atoms with Crippen LogP contribution in [0.2, 0.25) is 0 Å². The second-order valence-electron chi connectivity index (χ2n) is 4.96. The molecule has 1 heterocycles. The van der Waals surface area contributed by atoms with Crippen LogP contribution in [0.3, 0.4) is 0 Å². The normalized spacial score (nSPS) is 13.1. The SMILES string of the molecule is Nc1ccc(NC(=O)CN2C(=O)Cc3ccccc32)cc1. The minimum absolute atomic E-state index is 0.0141. The number of para-hydroxylation sites is 1. The topological polar surface area (TPSA) is 75.4 Å². The Morgan fingerprint density at radius 2 is 1.86 bits per heavy atom. The molecule has 0 atom stereocenters. The van der Waals surface area contributed by atoms with Gasteiger partial charge in [-0.25, -0.2) is 0 Å². The molecule has 0 fully saturated rings. The lowest BCUT2D eigenvalue weighted by molar-refractivity contribution is -0.120. The fourth-order valence-electron chi connectivity index (χ4n) is 2.40. The van der Waals surface area contributed by atoms with Crippen LogP contribution in [0.25, 0.3) is 0 Å². The number of nitrogens with two attached hydrogens (primary N) is 1. The van der Waals surface area contributed by atoms with Gasteiger partial charge in [0.1, 0.15) is 6.54 Å². The molecule has 5 heteroatoms. The highest BCUT2D eigenvalue weighted by Gasteiger charge is 2.28. The van der Waals surface area contributed by atoms with Crippen molar-refractivity contribution >= 4 is 28.9 Å². The second kappa shape index (κ2) is 5.28. The van der Waals surface area contributed by atoms with Gasteiger partial charge in [-0.2, -0.15) is 0 Å². The number of amides is 2. The number of benzene rings is 2. The molecule has 1 aliphatic rings. The van der Waals surface area contributed by atoms with Gasteiger partial charge in [-0.05, 0) is 35.9 Å². The van der Waals surface area contributed by atoms with E-state index in [1.54, 1.807) is 24.3 Å². The van der Waals surface area contributed by atoms with Crippen molar-refractivity contribution in [3.05, 3.63) is 54.1 Å². The molecule has 0 bridgehead atoms. The van der Waals surface area contributed by atoms with Gasteiger partial charge in [0.2, 0.25) is 11.8 Å². The van der Waals surface area contributed by atoms with Crippen molar-refractivity contribution in [1.29, 1.82) is 0 Å². The zero-order chi connectivity index (χ0) is 14.8. The fourth-order valence-corrected chi connectivity index (χ4v) is 2.40. The predicted molar refractivity (Wildman–Crippen MR) is 82.0 cm³/mol. The largest absolute Gasteiger partial charge is 0.399 e. The van der Waals surface area contributed by atoms with Crippen molar-refractivity contribution < 1.29 is 9.59 Å². The Hall–Kier alpha value is -2.82. The van der Waals surface area contributed by atoms with E-state index in [0.717, 1.165) is 11.3 Å². The molecule has 0 radical (unpaired) electrons. The first kappa shape index (κ1) is 13.2. The van der Waals surface area contributed by atoms with E-state index >= 15 is 0 Å². The van der Waals surface area contributed by atoms with Crippen LogP contribution in [0, 0.1) is 0 Å². The van der Waals surface area contributed by atoms with Crippen LogP contribution >= 0.6 is 0 Å². The van der Waals surface area contributed by atoms with Gasteiger partial charge in [0.05, 0.1) is 6.42 Å². The molecule has 2 aromatic rings. The van der Waals surface area contributed by atoms with E-state index < -0.39 is 0 Å². The number of hydrogen-bond donors (Lipinski definition) is 2. The van der Waals surface area contributed by atoms with E-state index in [1.807, 2.05) is 24.3 Å². The summed E-state index contributed by atoms with van der Waals surface area (Å²) in [5.74, 6) is -0.284. The van der Waals surface area contributed by atoms with Crippen molar-refractivity contribution in [2.24, 2.45) is 0 Å². The van der Waals surface area contributed by atoms with Crippen LogP contribution in [0.4, 0.5) is 17.1 Å². The maximum atomic E-state index is 12.1. The van der Waals surface area contributed by atoms with Crippen LogP contribution in [-0.4, -0.2) is 18.4 Å². The summed E-state index contributed by atoms with van der Waals surface area (Å²) >= 11 is 0. The van der Waals surface area contributed by atoms with Gasteiger partial charge in [0, 0.05) is 17.1 Å². The monoisotopic (exact) mass is 281 g/mol. The van der Waals surface area contributed by atoms with Crippen molar-refractivity contribution in [3.63, 3.8) is 0 Å². The highest BCUT2D eigenvalue weighted by molar-refractivity contribution is 6.07. The number of carbonyl (C=O) groups excluding carboxylic acids is 2. The van der Waals surface area contributed by atoms with Crippen molar-refractivity contribution in [2.75, 3.05) is 22.5 Å². The quantitative estimate of drug-likeness (QED) is 0.842. The lowest BCUT2D eigenvalue weighted by Crippen LogP contribution is -2.35. The average Bonchev–Trinajstić information content (AvgIpc) is 2.78. The smallest absolute Gasteiger partial charge is 0.244 e. The Labute approximate surface area is 122 Å². The van der Waals surface area contributed by atoms with E-state index in [2.05, 4.69) is 5.32 Å². The van der Waals surface area contributed by atoms with Gasteiger partial charge < -0.3 is 16.0 Å². The predicted octanol–water partition coefficient (Wildman–Crippen LogP) is 1.80.